The van der Waals surface area contributed by atoms with Gasteiger partial charge in [0.2, 0.25) is 5.91 Å². The maximum absolute atomic E-state index is 11.9. The lowest BCUT2D eigenvalue weighted by Gasteiger charge is -2.21. The fourth-order valence-corrected chi connectivity index (χ4v) is 1.05. The quantitative estimate of drug-likeness (QED) is 0.295. The number of rotatable bonds is 4. The molecule has 1 unspecified atom stereocenters. The summed E-state index contributed by atoms with van der Waals surface area (Å²) < 4.78 is 35.6. The molecule has 1 atom stereocenters. The van der Waals surface area contributed by atoms with Gasteiger partial charge in [0.15, 0.2) is 5.84 Å². The lowest BCUT2D eigenvalue weighted by Crippen LogP contribution is -2.48. The normalized spacial score (nSPS) is 15.0. The SMILES string of the molecule is CC(C)C(NC(=O)CC(F)(F)F)C(N)=NO. The molecule has 8 heteroatoms. The van der Waals surface area contributed by atoms with E-state index in [2.05, 4.69) is 5.16 Å². The molecule has 0 aromatic heterocycles. The summed E-state index contributed by atoms with van der Waals surface area (Å²) in [7, 11) is 0. The Morgan fingerprint density at radius 3 is 2.31 bits per heavy atom. The van der Waals surface area contributed by atoms with Crippen LogP contribution in [-0.2, 0) is 4.79 Å². The van der Waals surface area contributed by atoms with Crippen LogP contribution in [0.25, 0.3) is 0 Å². The van der Waals surface area contributed by atoms with Gasteiger partial charge < -0.3 is 16.3 Å². The van der Waals surface area contributed by atoms with Crippen LogP contribution in [0.3, 0.4) is 0 Å². The van der Waals surface area contributed by atoms with Gasteiger partial charge in [-0.2, -0.15) is 13.2 Å². The number of hydrogen-bond acceptors (Lipinski definition) is 3. The number of nitrogens with two attached hydrogens (primary N) is 1. The molecular formula is C8H14F3N3O2. The lowest BCUT2D eigenvalue weighted by molar-refractivity contribution is -0.154. The highest BCUT2D eigenvalue weighted by molar-refractivity contribution is 5.90. The Morgan fingerprint density at radius 2 is 2.00 bits per heavy atom. The Balaban J connectivity index is 4.48. The minimum Gasteiger partial charge on any atom is -0.409 e. The number of nitrogens with zero attached hydrogens (tertiary/aromatic N) is 1. The summed E-state index contributed by atoms with van der Waals surface area (Å²) in [6.45, 7) is 3.24. The number of amidine groups is 1. The van der Waals surface area contributed by atoms with Crippen molar-refractivity contribution in [2.24, 2.45) is 16.8 Å². The standard InChI is InChI=1S/C8H14F3N3O2/c1-4(2)6(7(12)14-16)13-5(15)3-8(9,10)11/h4,6,16H,3H2,1-2H3,(H2,12,14)(H,13,15). The van der Waals surface area contributed by atoms with Gasteiger partial charge >= 0.3 is 6.18 Å². The zero-order chi connectivity index (χ0) is 12.9. The number of halogens is 3. The van der Waals surface area contributed by atoms with E-state index in [4.69, 9.17) is 10.9 Å². The summed E-state index contributed by atoms with van der Waals surface area (Å²) in [5.41, 5.74) is 5.23. The highest BCUT2D eigenvalue weighted by Gasteiger charge is 2.33. The number of carbonyl (C=O) groups excluding carboxylic acids is 1. The van der Waals surface area contributed by atoms with Crippen LogP contribution in [-0.4, -0.2) is 29.2 Å². The number of alkyl halides is 3. The maximum Gasteiger partial charge on any atom is 0.397 e. The predicted octanol–water partition coefficient (Wildman–Crippen LogP) is 0.826. The molecule has 0 saturated heterocycles. The molecule has 16 heavy (non-hydrogen) atoms. The third-order valence-corrected chi connectivity index (χ3v) is 1.78. The minimum absolute atomic E-state index is 0.284. The van der Waals surface area contributed by atoms with E-state index in [-0.39, 0.29) is 11.8 Å². The third kappa shape index (κ3) is 5.42. The van der Waals surface area contributed by atoms with Crippen molar-refractivity contribution in [3.05, 3.63) is 0 Å². The Bertz CT molecular complexity index is 276. The second-order valence-corrected chi connectivity index (χ2v) is 3.61. The summed E-state index contributed by atoms with van der Waals surface area (Å²) >= 11 is 0. The molecule has 0 saturated carbocycles. The summed E-state index contributed by atoms with van der Waals surface area (Å²) in [6.07, 6.45) is -6.16. The second-order valence-electron chi connectivity index (χ2n) is 3.61. The van der Waals surface area contributed by atoms with Crippen LogP contribution >= 0.6 is 0 Å². The molecule has 94 valence electrons. The molecule has 1 amide bonds. The van der Waals surface area contributed by atoms with Crippen LogP contribution < -0.4 is 11.1 Å². The van der Waals surface area contributed by atoms with Crippen molar-refractivity contribution < 1.29 is 23.2 Å². The summed E-state index contributed by atoms with van der Waals surface area (Å²) in [5.74, 6) is -1.82. The average molecular weight is 241 g/mol. The summed E-state index contributed by atoms with van der Waals surface area (Å²) in [4.78, 5) is 11.0. The van der Waals surface area contributed by atoms with Crippen molar-refractivity contribution in [1.29, 1.82) is 0 Å². The van der Waals surface area contributed by atoms with Gasteiger partial charge in [-0.15, -0.1) is 0 Å². The zero-order valence-electron chi connectivity index (χ0n) is 8.88. The number of nitrogens with one attached hydrogen (secondary N) is 1. The van der Waals surface area contributed by atoms with Gasteiger partial charge in [-0.05, 0) is 5.92 Å². The van der Waals surface area contributed by atoms with Crippen molar-refractivity contribution in [3.63, 3.8) is 0 Å². The first-order valence-electron chi connectivity index (χ1n) is 4.51. The topological polar surface area (TPSA) is 87.7 Å². The smallest absolute Gasteiger partial charge is 0.397 e. The van der Waals surface area contributed by atoms with Gasteiger partial charge in [0.25, 0.3) is 0 Å². The Morgan fingerprint density at radius 1 is 1.50 bits per heavy atom. The van der Waals surface area contributed by atoms with Crippen molar-refractivity contribution in [2.75, 3.05) is 0 Å². The first-order chi connectivity index (χ1) is 7.17. The van der Waals surface area contributed by atoms with E-state index in [1.54, 1.807) is 13.8 Å². The van der Waals surface area contributed by atoms with Crippen molar-refractivity contribution in [3.8, 4) is 0 Å². The van der Waals surface area contributed by atoms with Gasteiger partial charge in [-0.3, -0.25) is 4.79 Å². The van der Waals surface area contributed by atoms with Gasteiger partial charge in [0.05, 0.1) is 6.04 Å². The average Bonchev–Trinajstić information content (AvgIpc) is 2.09. The predicted molar refractivity (Wildman–Crippen MR) is 50.8 cm³/mol. The van der Waals surface area contributed by atoms with Gasteiger partial charge in [0.1, 0.15) is 6.42 Å². The molecule has 0 fully saturated rings. The van der Waals surface area contributed by atoms with Crippen LogP contribution in [0.4, 0.5) is 13.2 Å². The molecule has 5 nitrogen and oxygen atoms in total. The van der Waals surface area contributed by atoms with Gasteiger partial charge in [-0.1, -0.05) is 19.0 Å². The molecule has 0 aliphatic heterocycles. The molecule has 0 aromatic rings. The molecule has 0 radical (unpaired) electrons. The number of hydrogen-bond donors (Lipinski definition) is 3. The molecule has 0 aliphatic rings. The Kier molecular flexibility index (Phi) is 5.06. The fraction of sp³-hybridized carbons (Fsp3) is 0.750. The molecule has 0 spiro atoms. The fourth-order valence-electron chi connectivity index (χ4n) is 1.05. The van der Waals surface area contributed by atoms with E-state index in [1.165, 1.54) is 0 Å². The van der Waals surface area contributed by atoms with E-state index in [0.29, 0.717) is 0 Å². The Hall–Kier alpha value is -1.47. The molecule has 4 N–H and O–H groups in total. The second kappa shape index (κ2) is 5.57. The van der Waals surface area contributed by atoms with E-state index in [9.17, 15) is 18.0 Å². The van der Waals surface area contributed by atoms with Crippen molar-refractivity contribution >= 4 is 11.7 Å². The zero-order valence-corrected chi connectivity index (χ0v) is 8.88. The van der Waals surface area contributed by atoms with Crippen LogP contribution in [0.5, 0.6) is 0 Å². The van der Waals surface area contributed by atoms with E-state index in [0.717, 1.165) is 0 Å². The molecule has 0 heterocycles. The molecule has 0 rings (SSSR count). The van der Waals surface area contributed by atoms with E-state index >= 15 is 0 Å². The highest BCUT2D eigenvalue weighted by Crippen LogP contribution is 2.19. The molecular weight excluding hydrogens is 227 g/mol. The van der Waals surface area contributed by atoms with Crippen LogP contribution in [0.2, 0.25) is 0 Å². The van der Waals surface area contributed by atoms with Crippen LogP contribution in [0.1, 0.15) is 20.3 Å². The molecule has 0 bridgehead atoms. The van der Waals surface area contributed by atoms with Crippen LogP contribution in [0, 0.1) is 5.92 Å². The van der Waals surface area contributed by atoms with Gasteiger partial charge in [-0.25, -0.2) is 0 Å². The number of carbonyl (C=O) groups is 1. The van der Waals surface area contributed by atoms with Gasteiger partial charge in [0, 0.05) is 0 Å². The first kappa shape index (κ1) is 14.5. The number of amides is 1. The molecule has 0 aromatic carbocycles. The van der Waals surface area contributed by atoms with Crippen molar-refractivity contribution in [2.45, 2.75) is 32.5 Å². The minimum atomic E-state index is -4.57. The highest BCUT2D eigenvalue weighted by atomic mass is 19.4. The van der Waals surface area contributed by atoms with E-state index < -0.39 is 24.5 Å². The maximum atomic E-state index is 11.9. The van der Waals surface area contributed by atoms with E-state index in [1.807, 2.05) is 5.32 Å². The summed E-state index contributed by atoms with van der Waals surface area (Å²) in [5, 5.41) is 13.1. The third-order valence-electron chi connectivity index (χ3n) is 1.78. The number of oxime groups is 1. The first-order valence-corrected chi connectivity index (χ1v) is 4.51. The largest absolute Gasteiger partial charge is 0.409 e. The lowest BCUT2D eigenvalue weighted by atomic mass is 10.0. The molecule has 0 aliphatic carbocycles. The Labute approximate surface area is 90.5 Å². The monoisotopic (exact) mass is 241 g/mol. The summed E-state index contributed by atoms with van der Waals surface area (Å²) in [6, 6.07) is -0.917. The van der Waals surface area contributed by atoms with Crippen molar-refractivity contribution in [1.82, 2.24) is 5.32 Å². The van der Waals surface area contributed by atoms with Crippen LogP contribution in [0.15, 0.2) is 5.16 Å².